The molecule has 6 nitrogen and oxygen atoms in total. The Morgan fingerprint density at radius 2 is 1.54 bits per heavy atom. The molecule has 0 aromatic heterocycles. The molecule has 1 aliphatic rings. The molecule has 1 N–H and O–H groups in total. The number of rotatable bonds is 5. The second-order valence-electron chi connectivity index (χ2n) is 6.14. The van der Waals surface area contributed by atoms with Crippen molar-refractivity contribution < 1.29 is 18.3 Å². The van der Waals surface area contributed by atoms with E-state index in [0.29, 0.717) is 37.7 Å². The Hall–Kier alpha value is -1.93. The summed E-state index contributed by atoms with van der Waals surface area (Å²) >= 11 is 5.82. The first-order valence-corrected chi connectivity index (χ1v) is 9.98. The number of piperazine rings is 1. The number of hydrogen-bond acceptors (Lipinski definition) is 4. The van der Waals surface area contributed by atoms with E-state index in [2.05, 4.69) is 4.90 Å². The summed E-state index contributed by atoms with van der Waals surface area (Å²) in [6, 6.07) is 12.9. The van der Waals surface area contributed by atoms with Gasteiger partial charge in [0, 0.05) is 37.7 Å². The van der Waals surface area contributed by atoms with E-state index >= 15 is 0 Å². The Bertz CT molecular complexity index is 874. The second-order valence-corrected chi connectivity index (χ2v) is 8.51. The highest BCUT2D eigenvalue weighted by atomic mass is 35.5. The van der Waals surface area contributed by atoms with Crippen LogP contribution in [-0.2, 0) is 16.6 Å². The summed E-state index contributed by atoms with van der Waals surface area (Å²) in [5.74, 6) is -0.947. The molecule has 1 heterocycles. The number of sulfonamides is 1. The summed E-state index contributed by atoms with van der Waals surface area (Å²) in [7, 11) is -3.51. The Morgan fingerprint density at radius 3 is 2.08 bits per heavy atom. The third-order valence-electron chi connectivity index (χ3n) is 4.39. The molecule has 3 rings (SSSR count). The maximum absolute atomic E-state index is 12.7. The third kappa shape index (κ3) is 4.24. The molecule has 2 aromatic carbocycles. The average molecular weight is 395 g/mol. The van der Waals surface area contributed by atoms with Crippen LogP contribution in [0.1, 0.15) is 15.9 Å². The first-order chi connectivity index (χ1) is 12.4. The first-order valence-electron chi connectivity index (χ1n) is 8.16. The number of hydrogen-bond donors (Lipinski definition) is 1. The van der Waals surface area contributed by atoms with Crippen LogP contribution in [0.15, 0.2) is 53.4 Å². The molecule has 0 atom stereocenters. The van der Waals surface area contributed by atoms with Crippen LogP contribution in [0.2, 0.25) is 5.02 Å². The van der Waals surface area contributed by atoms with Gasteiger partial charge in [0.25, 0.3) is 0 Å². The molecule has 0 radical (unpaired) electrons. The number of aromatic carboxylic acids is 1. The highest BCUT2D eigenvalue weighted by molar-refractivity contribution is 7.89. The summed E-state index contributed by atoms with van der Waals surface area (Å²) in [4.78, 5) is 13.3. The van der Waals surface area contributed by atoms with Gasteiger partial charge in [0.2, 0.25) is 10.0 Å². The van der Waals surface area contributed by atoms with Crippen LogP contribution in [0.25, 0.3) is 0 Å². The lowest BCUT2D eigenvalue weighted by atomic mass is 10.1. The van der Waals surface area contributed by atoms with Crippen LogP contribution in [-0.4, -0.2) is 54.9 Å². The predicted molar refractivity (Wildman–Crippen MR) is 98.9 cm³/mol. The molecule has 0 saturated carbocycles. The van der Waals surface area contributed by atoms with Crippen LogP contribution < -0.4 is 0 Å². The molecular weight excluding hydrogens is 376 g/mol. The first kappa shape index (κ1) is 18.8. The van der Waals surface area contributed by atoms with Crippen LogP contribution in [0, 0.1) is 0 Å². The minimum atomic E-state index is -3.51. The van der Waals surface area contributed by atoms with E-state index in [-0.39, 0.29) is 10.5 Å². The molecule has 138 valence electrons. The highest BCUT2D eigenvalue weighted by Gasteiger charge is 2.28. The van der Waals surface area contributed by atoms with E-state index in [1.165, 1.54) is 16.4 Å². The van der Waals surface area contributed by atoms with Crippen LogP contribution in [0.3, 0.4) is 0 Å². The van der Waals surface area contributed by atoms with Gasteiger partial charge >= 0.3 is 5.97 Å². The van der Waals surface area contributed by atoms with Crippen molar-refractivity contribution in [2.45, 2.75) is 11.4 Å². The fraction of sp³-hybridized carbons (Fsp3) is 0.278. The quantitative estimate of drug-likeness (QED) is 0.843. The summed E-state index contributed by atoms with van der Waals surface area (Å²) < 4.78 is 26.8. The van der Waals surface area contributed by atoms with Crippen LogP contribution in [0.4, 0.5) is 0 Å². The maximum atomic E-state index is 12.7. The average Bonchev–Trinajstić information content (AvgIpc) is 2.63. The van der Waals surface area contributed by atoms with E-state index in [0.717, 1.165) is 5.56 Å². The Labute approximate surface area is 157 Å². The van der Waals surface area contributed by atoms with Gasteiger partial charge in [-0.25, -0.2) is 13.2 Å². The summed E-state index contributed by atoms with van der Waals surface area (Å²) in [6.07, 6.45) is 0. The molecule has 0 unspecified atom stereocenters. The van der Waals surface area contributed by atoms with Crippen molar-refractivity contribution in [3.63, 3.8) is 0 Å². The van der Waals surface area contributed by atoms with E-state index in [4.69, 9.17) is 16.7 Å². The van der Waals surface area contributed by atoms with Gasteiger partial charge in [0.15, 0.2) is 0 Å². The second kappa shape index (κ2) is 7.75. The molecule has 0 amide bonds. The van der Waals surface area contributed by atoms with Gasteiger partial charge in [-0.05, 0) is 42.0 Å². The lowest BCUT2D eigenvalue weighted by Crippen LogP contribution is -2.48. The number of benzene rings is 2. The van der Waals surface area contributed by atoms with Crippen molar-refractivity contribution in [2.75, 3.05) is 26.2 Å². The van der Waals surface area contributed by atoms with Crippen molar-refractivity contribution in [3.05, 3.63) is 64.7 Å². The van der Waals surface area contributed by atoms with Crippen molar-refractivity contribution in [1.82, 2.24) is 9.21 Å². The molecule has 8 heteroatoms. The fourth-order valence-electron chi connectivity index (χ4n) is 2.89. The maximum Gasteiger partial charge on any atom is 0.335 e. The molecule has 0 bridgehead atoms. The lowest BCUT2D eigenvalue weighted by Gasteiger charge is -2.34. The number of carboxylic acids is 1. The normalized spacial score (nSPS) is 16.5. The van der Waals surface area contributed by atoms with Gasteiger partial charge < -0.3 is 5.11 Å². The number of carboxylic acid groups (broad SMARTS) is 1. The van der Waals surface area contributed by atoms with Crippen molar-refractivity contribution in [3.8, 4) is 0 Å². The Kier molecular flexibility index (Phi) is 5.62. The fourth-order valence-corrected chi connectivity index (χ4v) is 4.44. The van der Waals surface area contributed by atoms with Crippen molar-refractivity contribution >= 4 is 27.6 Å². The zero-order chi connectivity index (χ0) is 18.7. The largest absolute Gasteiger partial charge is 0.478 e. The predicted octanol–water partition coefficient (Wildman–Crippen LogP) is 2.54. The van der Waals surface area contributed by atoms with Gasteiger partial charge in [0.05, 0.1) is 10.5 Å². The standard InChI is InChI=1S/C18H19ClN2O4S/c19-16-5-7-17(8-6-16)26(24,25)21-11-9-20(10-12-21)13-14-1-3-15(4-2-14)18(22)23/h1-8H,9-13H2,(H,22,23). The van der Waals surface area contributed by atoms with E-state index < -0.39 is 16.0 Å². The third-order valence-corrected chi connectivity index (χ3v) is 6.55. The molecule has 0 spiro atoms. The summed E-state index contributed by atoms with van der Waals surface area (Å²) in [6.45, 7) is 2.73. The smallest absolute Gasteiger partial charge is 0.335 e. The molecule has 2 aromatic rings. The zero-order valence-corrected chi connectivity index (χ0v) is 15.6. The topological polar surface area (TPSA) is 77.9 Å². The monoisotopic (exact) mass is 394 g/mol. The number of halogens is 1. The van der Waals surface area contributed by atoms with Gasteiger partial charge in [-0.1, -0.05) is 23.7 Å². The van der Waals surface area contributed by atoms with Crippen LogP contribution in [0.5, 0.6) is 0 Å². The van der Waals surface area contributed by atoms with Gasteiger partial charge in [-0.15, -0.1) is 0 Å². The van der Waals surface area contributed by atoms with Crippen molar-refractivity contribution in [2.24, 2.45) is 0 Å². The van der Waals surface area contributed by atoms with E-state index in [9.17, 15) is 13.2 Å². The Morgan fingerprint density at radius 1 is 0.962 bits per heavy atom. The SMILES string of the molecule is O=C(O)c1ccc(CN2CCN(S(=O)(=O)c3ccc(Cl)cc3)CC2)cc1. The minimum Gasteiger partial charge on any atom is -0.478 e. The van der Waals surface area contributed by atoms with E-state index in [1.54, 1.807) is 36.4 Å². The van der Waals surface area contributed by atoms with Gasteiger partial charge in [-0.3, -0.25) is 4.90 Å². The van der Waals surface area contributed by atoms with E-state index in [1.807, 2.05) is 0 Å². The molecule has 1 fully saturated rings. The molecule has 0 aliphatic carbocycles. The minimum absolute atomic E-state index is 0.250. The summed E-state index contributed by atoms with van der Waals surface area (Å²) in [5, 5.41) is 9.43. The molecule has 1 saturated heterocycles. The van der Waals surface area contributed by atoms with Gasteiger partial charge in [-0.2, -0.15) is 4.31 Å². The molecular formula is C18H19ClN2O4S. The Balaban J connectivity index is 1.60. The summed E-state index contributed by atoms with van der Waals surface area (Å²) in [5.41, 5.74) is 1.26. The lowest BCUT2D eigenvalue weighted by molar-refractivity contribution is 0.0697. The van der Waals surface area contributed by atoms with Crippen molar-refractivity contribution in [1.29, 1.82) is 0 Å². The van der Waals surface area contributed by atoms with Gasteiger partial charge in [0.1, 0.15) is 0 Å². The number of nitrogens with zero attached hydrogens (tertiary/aromatic N) is 2. The molecule has 26 heavy (non-hydrogen) atoms. The van der Waals surface area contributed by atoms with Crippen LogP contribution >= 0.6 is 11.6 Å². The zero-order valence-electron chi connectivity index (χ0n) is 14.0. The molecule has 1 aliphatic heterocycles. The highest BCUT2D eigenvalue weighted by Crippen LogP contribution is 2.20. The number of carbonyl (C=O) groups is 1.